The number of H-pyrrole nitrogens is 1. The number of quaternary nitrogens is 1. The van der Waals surface area contributed by atoms with Crippen molar-refractivity contribution in [3.8, 4) is 0 Å². The van der Waals surface area contributed by atoms with Gasteiger partial charge in [0.1, 0.15) is 0 Å². The maximum absolute atomic E-state index is 12.9. The van der Waals surface area contributed by atoms with Crippen LogP contribution in [0.3, 0.4) is 0 Å². The van der Waals surface area contributed by atoms with E-state index < -0.39 is 0 Å². The van der Waals surface area contributed by atoms with Gasteiger partial charge >= 0.3 is 0 Å². The van der Waals surface area contributed by atoms with Gasteiger partial charge in [-0.05, 0) is 61.5 Å². The molecule has 2 aromatic rings. The molecule has 5 nitrogen and oxygen atoms in total. The Balaban J connectivity index is 1.81. The molecule has 0 bridgehead atoms. The molecule has 30 heavy (non-hydrogen) atoms. The highest BCUT2D eigenvalue weighted by molar-refractivity contribution is 7.80. The average molecular weight is 430 g/mol. The molecule has 6 heteroatoms. The molecule has 1 aromatic heterocycles. The minimum absolute atomic E-state index is 0.00369. The molecule has 0 amide bonds. The highest BCUT2D eigenvalue weighted by Gasteiger charge is 2.24. The maximum atomic E-state index is 12.9. The molecule has 164 valence electrons. The topological polar surface area (TPSA) is 52.6 Å². The second kappa shape index (κ2) is 10.4. The molecule has 0 saturated heterocycles. The quantitative estimate of drug-likeness (QED) is 0.468. The first kappa shape index (κ1) is 22.8. The smallest absolute Gasteiger partial charge is 0.253 e. The Labute approximate surface area is 185 Å². The first-order valence-corrected chi connectivity index (χ1v) is 11.7. The molecule has 0 atom stereocenters. The van der Waals surface area contributed by atoms with Gasteiger partial charge in [-0.3, -0.25) is 4.79 Å². The third-order valence-corrected chi connectivity index (χ3v) is 6.75. The van der Waals surface area contributed by atoms with E-state index in [1.807, 2.05) is 0 Å². The normalized spacial score (nSPS) is 15.0. The summed E-state index contributed by atoms with van der Waals surface area (Å²) in [5.41, 5.74) is 4.06. The summed E-state index contributed by atoms with van der Waals surface area (Å²) >= 11 is 5.81. The lowest BCUT2D eigenvalue weighted by Crippen LogP contribution is -3.05. The second-order valence-corrected chi connectivity index (χ2v) is 9.44. The van der Waals surface area contributed by atoms with E-state index in [1.54, 1.807) is 0 Å². The number of nitrogens with one attached hydrogen (secondary N) is 3. The van der Waals surface area contributed by atoms with Gasteiger partial charge in [-0.25, -0.2) is 0 Å². The number of aryl methyl sites for hydroxylation is 2. The zero-order chi connectivity index (χ0) is 21.7. The van der Waals surface area contributed by atoms with Crippen LogP contribution in [0.2, 0.25) is 0 Å². The number of hydrogen-bond acceptors (Lipinski definition) is 2. The number of thiocarbonyl (C=S) groups is 1. The highest BCUT2D eigenvalue weighted by Crippen LogP contribution is 2.25. The Morgan fingerprint density at radius 3 is 2.67 bits per heavy atom. The first-order valence-electron chi connectivity index (χ1n) is 11.3. The van der Waals surface area contributed by atoms with Gasteiger partial charge in [-0.2, -0.15) is 0 Å². The number of aromatic amines is 1. The molecule has 0 unspecified atom stereocenters. The number of hydrogen-bond donors (Lipinski definition) is 3. The first-order chi connectivity index (χ1) is 14.4. The maximum Gasteiger partial charge on any atom is 0.253 e. The van der Waals surface area contributed by atoms with Crippen molar-refractivity contribution >= 4 is 28.2 Å². The molecule has 0 radical (unpaired) electrons. The fourth-order valence-corrected chi connectivity index (χ4v) is 4.68. The van der Waals surface area contributed by atoms with Crippen molar-refractivity contribution in [1.82, 2.24) is 15.2 Å². The van der Waals surface area contributed by atoms with E-state index in [-0.39, 0.29) is 5.56 Å². The van der Waals surface area contributed by atoms with Crippen molar-refractivity contribution in [2.45, 2.75) is 65.0 Å². The summed E-state index contributed by atoms with van der Waals surface area (Å²) in [7, 11) is 4.34. The van der Waals surface area contributed by atoms with E-state index in [1.165, 1.54) is 29.7 Å². The molecule has 0 spiro atoms. The SMILES string of the molecule is Cc1ccc2cc(CN(C(=S)NCCC[NH+](C)C)C3CCCCC3)c(=O)[nH]c2c1C. The summed E-state index contributed by atoms with van der Waals surface area (Å²) in [6, 6.07) is 6.68. The molecule has 1 heterocycles. The van der Waals surface area contributed by atoms with Crippen LogP contribution in [0.1, 0.15) is 55.2 Å². The molecule has 1 saturated carbocycles. The Bertz CT molecular complexity index is 931. The van der Waals surface area contributed by atoms with E-state index in [4.69, 9.17) is 12.2 Å². The molecular formula is C24H37N4OS+. The van der Waals surface area contributed by atoms with Gasteiger partial charge in [0.05, 0.1) is 32.7 Å². The van der Waals surface area contributed by atoms with Gasteiger partial charge in [0.25, 0.3) is 5.56 Å². The van der Waals surface area contributed by atoms with Crippen molar-refractivity contribution in [1.29, 1.82) is 0 Å². The number of fused-ring (bicyclic) bond motifs is 1. The van der Waals surface area contributed by atoms with Gasteiger partial charge in [-0.15, -0.1) is 0 Å². The van der Waals surface area contributed by atoms with Crippen LogP contribution in [-0.4, -0.2) is 48.2 Å². The van der Waals surface area contributed by atoms with Crippen LogP contribution in [0.5, 0.6) is 0 Å². The number of nitrogens with zero attached hydrogens (tertiary/aromatic N) is 1. The zero-order valence-corrected chi connectivity index (χ0v) is 19.8. The lowest BCUT2D eigenvalue weighted by molar-refractivity contribution is -0.858. The monoisotopic (exact) mass is 429 g/mol. The standard InChI is InChI=1S/C24H36N4OS/c1-17-11-12-19-15-20(23(29)26-22(19)18(17)2)16-28(21-9-6-5-7-10-21)24(30)25-13-8-14-27(3)4/h11-12,15,21H,5-10,13-14,16H2,1-4H3,(H,25,30)(H,26,29)/p+1. The Morgan fingerprint density at radius 1 is 1.23 bits per heavy atom. The highest BCUT2D eigenvalue weighted by atomic mass is 32.1. The van der Waals surface area contributed by atoms with Crippen LogP contribution >= 0.6 is 12.2 Å². The van der Waals surface area contributed by atoms with Crippen LogP contribution in [-0.2, 0) is 6.54 Å². The molecule has 1 fully saturated rings. The lowest BCUT2D eigenvalue weighted by atomic mass is 9.94. The van der Waals surface area contributed by atoms with Crippen molar-refractivity contribution in [3.05, 3.63) is 45.2 Å². The van der Waals surface area contributed by atoms with Crippen LogP contribution in [0.15, 0.2) is 23.0 Å². The molecule has 1 aliphatic rings. The third kappa shape index (κ3) is 5.61. The number of pyridine rings is 1. The average Bonchev–Trinajstić information content (AvgIpc) is 2.73. The predicted octanol–water partition coefficient (Wildman–Crippen LogP) is 2.69. The van der Waals surface area contributed by atoms with Crippen LogP contribution in [0, 0.1) is 13.8 Å². The van der Waals surface area contributed by atoms with E-state index in [9.17, 15) is 4.79 Å². The summed E-state index contributed by atoms with van der Waals surface area (Å²) in [4.78, 5) is 19.8. The molecule has 3 rings (SSSR count). The van der Waals surface area contributed by atoms with Gasteiger partial charge in [0, 0.05) is 24.6 Å². The fraction of sp³-hybridized carbons (Fsp3) is 0.583. The van der Waals surface area contributed by atoms with Crippen LogP contribution in [0.25, 0.3) is 10.9 Å². The lowest BCUT2D eigenvalue weighted by Gasteiger charge is -2.36. The molecule has 3 N–H and O–H groups in total. The predicted molar refractivity (Wildman–Crippen MR) is 129 cm³/mol. The van der Waals surface area contributed by atoms with Crippen LogP contribution < -0.4 is 15.8 Å². The van der Waals surface area contributed by atoms with Crippen molar-refractivity contribution in [2.75, 3.05) is 27.2 Å². The van der Waals surface area contributed by atoms with Crippen molar-refractivity contribution < 1.29 is 4.90 Å². The molecule has 1 aliphatic carbocycles. The van der Waals surface area contributed by atoms with Crippen molar-refractivity contribution in [3.63, 3.8) is 0 Å². The van der Waals surface area contributed by atoms with Gasteiger partial charge in [-0.1, -0.05) is 31.4 Å². The van der Waals surface area contributed by atoms with E-state index >= 15 is 0 Å². The van der Waals surface area contributed by atoms with Gasteiger partial charge in [0.15, 0.2) is 5.11 Å². The minimum Gasteiger partial charge on any atom is -0.362 e. The Morgan fingerprint density at radius 2 is 1.97 bits per heavy atom. The zero-order valence-electron chi connectivity index (χ0n) is 18.9. The van der Waals surface area contributed by atoms with Gasteiger partial charge in [0.2, 0.25) is 0 Å². The van der Waals surface area contributed by atoms with E-state index in [0.29, 0.717) is 12.6 Å². The van der Waals surface area contributed by atoms with Crippen molar-refractivity contribution in [2.24, 2.45) is 0 Å². The second-order valence-electron chi connectivity index (χ2n) is 9.06. The Hall–Kier alpha value is -1.92. The summed E-state index contributed by atoms with van der Waals surface area (Å²) < 4.78 is 0. The van der Waals surface area contributed by atoms with Gasteiger partial charge < -0.3 is 20.1 Å². The number of benzene rings is 1. The summed E-state index contributed by atoms with van der Waals surface area (Å²) in [6.07, 6.45) is 7.14. The molecule has 0 aliphatic heterocycles. The number of aromatic nitrogens is 1. The van der Waals surface area contributed by atoms with E-state index in [0.717, 1.165) is 59.5 Å². The number of rotatable bonds is 7. The largest absolute Gasteiger partial charge is 0.362 e. The van der Waals surface area contributed by atoms with Crippen LogP contribution in [0.4, 0.5) is 0 Å². The third-order valence-electron chi connectivity index (χ3n) is 6.37. The molecular weight excluding hydrogens is 392 g/mol. The summed E-state index contributed by atoms with van der Waals surface area (Å²) in [6.45, 7) is 6.69. The summed E-state index contributed by atoms with van der Waals surface area (Å²) in [5, 5.41) is 5.34. The molecule has 1 aromatic carbocycles. The van der Waals surface area contributed by atoms with E-state index in [2.05, 4.69) is 61.3 Å². The Kier molecular flexibility index (Phi) is 7.89. The summed E-state index contributed by atoms with van der Waals surface area (Å²) in [5.74, 6) is 0. The minimum atomic E-state index is -0.00369. The fourth-order valence-electron chi connectivity index (χ4n) is 4.37.